The summed E-state index contributed by atoms with van der Waals surface area (Å²) in [4.78, 5) is 10.3. The standard InChI is InChI=1S/C17H26N2O2/c18-14-17(11-4-2-1-3-5-12-17)13-10-15-6-8-16(9-7-15)19(20)21/h6-9H,1-5,10-14,18H2. The molecule has 0 radical (unpaired) electrons. The monoisotopic (exact) mass is 290 g/mol. The molecule has 2 rings (SSSR count). The first-order valence-electron chi connectivity index (χ1n) is 8.09. The number of nitro groups is 1. The topological polar surface area (TPSA) is 69.2 Å². The van der Waals surface area contributed by atoms with Gasteiger partial charge in [0.1, 0.15) is 0 Å². The highest BCUT2D eigenvalue weighted by Gasteiger charge is 2.28. The molecule has 1 fully saturated rings. The Morgan fingerprint density at radius 3 is 2.14 bits per heavy atom. The molecule has 2 N–H and O–H groups in total. The Kier molecular flexibility index (Phi) is 5.74. The maximum Gasteiger partial charge on any atom is 0.269 e. The fraction of sp³-hybridized carbons (Fsp3) is 0.647. The summed E-state index contributed by atoms with van der Waals surface area (Å²) in [6.45, 7) is 0.764. The highest BCUT2D eigenvalue weighted by molar-refractivity contribution is 5.32. The van der Waals surface area contributed by atoms with E-state index in [-0.39, 0.29) is 16.0 Å². The van der Waals surface area contributed by atoms with Crippen molar-refractivity contribution in [3.05, 3.63) is 39.9 Å². The summed E-state index contributed by atoms with van der Waals surface area (Å²) < 4.78 is 0. The number of aryl methyl sites for hydroxylation is 1. The smallest absolute Gasteiger partial charge is 0.269 e. The summed E-state index contributed by atoms with van der Waals surface area (Å²) in [5.41, 5.74) is 7.72. The van der Waals surface area contributed by atoms with Crippen molar-refractivity contribution in [2.24, 2.45) is 11.1 Å². The number of non-ortho nitro benzene ring substituents is 1. The van der Waals surface area contributed by atoms with Crippen LogP contribution in [0.5, 0.6) is 0 Å². The number of hydrogen-bond acceptors (Lipinski definition) is 3. The van der Waals surface area contributed by atoms with E-state index in [0.717, 1.165) is 19.4 Å². The second kappa shape index (κ2) is 7.55. The molecular formula is C17H26N2O2. The maximum atomic E-state index is 10.7. The van der Waals surface area contributed by atoms with Gasteiger partial charge in [-0.1, -0.05) is 44.2 Å². The Morgan fingerprint density at radius 2 is 1.62 bits per heavy atom. The lowest BCUT2D eigenvalue weighted by Gasteiger charge is -2.34. The third-order valence-corrected chi connectivity index (χ3v) is 4.94. The van der Waals surface area contributed by atoms with Gasteiger partial charge >= 0.3 is 0 Å². The second-order valence-electron chi connectivity index (χ2n) is 6.40. The van der Waals surface area contributed by atoms with Crippen molar-refractivity contribution in [1.82, 2.24) is 0 Å². The van der Waals surface area contributed by atoms with E-state index in [0.29, 0.717) is 0 Å². The van der Waals surface area contributed by atoms with Gasteiger partial charge in [0.25, 0.3) is 5.69 Å². The van der Waals surface area contributed by atoms with Crippen molar-refractivity contribution in [1.29, 1.82) is 0 Å². The van der Waals surface area contributed by atoms with E-state index >= 15 is 0 Å². The summed E-state index contributed by atoms with van der Waals surface area (Å²) >= 11 is 0. The normalized spacial score (nSPS) is 18.7. The molecule has 4 heteroatoms. The Labute approximate surface area is 126 Å². The molecule has 4 nitrogen and oxygen atoms in total. The minimum Gasteiger partial charge on any atom is -0.330 e. The lowest BCUT2D eigenvalue weighted by atomic mass is 9.72. The number of nitro benzene ring substituents is 1. The summed E-state index contributed by atoms with van der Waals surface area (Å²) in [6.07, 6.45) is 11.1. The Balaban J connectivity index is 1.96. The molecule has 21 heavy (non-hydrogen) atoms. The van der Waals surface area contributed by atoms with Crippen LogP contribution >= 0.6 is 0 Å². The van der Waals surface area contributed by atoms with Gasteiger partial charge in [-0.25, -0.2) is 0 Å². The Bertz CT molecular complexity index is 448. The minimum atomic E-state index is -0.347. The molecule has 0 unspecified atom stereocenters. The van der Waals surface area contributed by atoms with E-state index in [9.17, 15) is 10.1 Å². The number of rotatable bonds is 5. The van der Waals surface area contributed by atoms with E-state index in [1.54, 1.807) is 12.1 Å². The molecule has 0 saturated heterocycles. The zero-order valence-corrected chi connectivity index (χ0v) is 12.7. The number of benzene rings is 1. The maximum absolute atomic E-state index is 10.7. The highest BCUT2D eigenvalue weighted by atomic mass is 16.6. The summed E-state index contributed by atoms with van der Waals surface area (Å²) in [7, 11) is 0. The lowest BCUT2D eigenvalue weighted by Crippen LogP contribution is -2.32. The molecule has 0 atom stereocenters. The van der Waals surface area contributed by atoms with Crippen LogP contribution in [0.4, 0.5) is 5.69 Å². The molecule has 0 aromatic heterocycles. The van der Waals surface area contributed by atoms with Crippen LogP contribution in [0, 0.1) is 15.5 Å². The third-order valence-electron chi connectivity index (χ3n) is 4.94. The van der Waals surface area contributed by atoms with Crippen LogP contribution in [0.2, 0.25) is 0 Å². The van der Waals surface area contributed by atoms with Crippen LogP contribution in [0.15, 0.2) is 24.3 Å². The Morgan fingerprint density at radius 1 is 1.05 bits per heavy atom. The minimum absolute atomic E-state index is 0.165. The van der Waals surface area contributed by atoms with Crippen LogP contribution in [-0.4, -0.2) is 11.5 Å². The second-order valence-corrected chi connectivity index (χ2v) is 6.40. The largest absolute Gasteiger partial charge is 0.330 e. The van der Waals surface area contributed by atoms with Gasteiger partial charge in [-0.05, 0) is 43.2 Å². The molecule has 1 aliphatic carbocycles. The molecule has 0 spiro atoms. The first-order chi connectivity index (χ1) is 10.2. The molecule has 1 saturated carbocycles. The molecule has 0 aliphatic heterocycles. The first-order valence-corrected chi connectivity index (χ1v) is 8.09. The molecule has 1 aromatic carbocycles. The molecule has 0 heterocycles. The molecule has 1 aromatic rings. The zero-order valence-electron chi connectivity index (χ0n) is 12.7. The van der Waals surface area contributed by atoms with Gasteiger partial charge in [0, 0.05) is 12.1 Å². The van der Waals surface area contributed by atoms with Crippen molar-refractivity contribution >= 4 is 5.69 Å². The number of nitrogens with zero attached hydrogens (tertiary/aromatic N) is 1. The third kappa shape index (κ3) is 4.53. The van der Waals surface area contributed by atoms with Gasteiger partial charge in [-0.15, -0.1) is 0 Å². The highest BCUT2D eigenvalue weighted by Crippen LogP contribution is 2.37. The SMILES string of the molecule is NCC1(CCc2ccc([N+](=O)[O-])cc2)CCCCCCC1. The quantitative estimate of drug-likeness (QED) is 0.652. The van der Waals surface area contributed by atoms with Gasteiger partial charge in [-0.3, -0.25) is 10.1 Å². The molecular weight excluding hydrogens is 264 g/mol. The summed E-state index contributed by atoms with van der Waals surface area (Å²) in [5.74, 6) is 0. The van der Waals surface area contributed by atoms with Crippen molar-refractivity contribution in [3.63, 3.8) is 0 Å². The number of hydrogen-bond donors (Lipinski definition) is 1. The van der Waals surface area contributed by atoms with Crippen LogP contribution < -0.4 is 5.73 Å². The summed E-state index contributed by atoms with van der Waals surface area (Å²) in [6, 6.07) is 6.96. The predicted octanol–water partition coefficient (Wildman–Crippen LogP) is 4.22. The van der Waals surface area contributed by atoms with Crippen LogP contribution in [-0.2, 0) is 6.42 Å². The van der Waals surface area contributed by atoms with Crippen LogP contribution in [0.1, 0.15) is 56.9 Å². The van der Waals surface area contributed by atoms with Crippen LogP contribution in [0.3, 0.4) is 0 Å². The molecule has 0 amide bonds. The molecule has 1 aliphatic rings. The van der Waals surface area contributed by atoms with E-state index in [4.69, 9.17) is 5.73 Å². The Hall–Kier alpha value is -1.42. The van der Waals surface area contributed by atoms with Crippen LogP contribution in [0.25, 0.3) is 0 Å². The van der Waals surface area contributed by atoms with E-state index in [1.807, 2.05) is 12.1 Å². The van der Waals surface area contributed by atoms with Crippen molar-refractivity contribution in [2.45, 2.75) is 57.8 Å². The van der Waals surface area contributed by atoms with E-state index < -0.39 is 0 Å². The van der Waals surface area contributed by atoms with Gasteiger partial charge in [-0.2, -0.15) is 0 Å². The average Bonchev–Trinajstić information content (AvgIpc) is 2.47. The van der Waals surface area contributed by atoms with Crippen molar-refractivity contribution < 1.29 is 4.92 Å². The fourth-order valence-electron chi connectivity index (χ4n) is 3.41. The van der Waals surface area contributed by atoms with Gasteiger partial charge in [0.05, 0.1) is 4.92 Å². The van der Waals surface area contributed by atoms with Gasteiger partial charge < -0.3 is 5.73 Å². The van der Waals surface area contributed by atoms with Gasteiger partial charge in [0.2, 0.25) is 0 Å². The first kappa shape index (κ1) is 16.0. The van der Waals surface area contributed by atoms with Gasteiger partial charge in [0.15, 0.2) is 0 Å². The molecule has 116 valence electrons. The van der Waals surface area contributed by atoms with E-state index in [2.05, 4.69) is 0 Å². The number of nitrogens with two attached hydrogens (primary N) is 1. The van der Waals surface area contributed by atoms with Crippen molar-refractivity contribution in [2.75, 3.05) is 6.54 Å². The average molecular weight is 290 g/mol. The zero-order chi connectivity index (χ0) is 15.1. The van der Waals surface area contributed by atoms with Crippen molar-refractivity contribution in [3.8, 4) is 0 Å². The van der Waals surface area contributed by atoms with E-state index in [1.165, 1.54) is 50.5 Å². The lowest BCUT2D eigenvalue weighted by molar-refractivity contribution is -0.384. The predicted molar refractivity (Wildman–Crippen MR) is 85.2 cm³/mol. The fourth-order valence-corrected chi connectivity index (χ4v) is 3.41. The molecule has 0 bridgehead atoms. The summed E-state index contributed by atoms with van der Waals surface area (Å²) in [5, 5.41) is 10.7.